The average Bonchev–Trinajstić information content (AvgIpc) is 2.18. The predicted octanol–water partition coefficient (Wildman–Crippen LogP) is 0.924. The molecule has 4 heteroatoms. The topological polar surface area (TPSA) is 41.6 Å². The lowest BCUT2D eigenvalue weighted by Crippen LogP contribution is -2.36. The van der Waals surface area contributed by atoms with E-state index >= 15 is 0 Å². The third-order valence-corrected chi connectivity index (χ3v) is 2.92. The van der Waals surface area contributed by atoms with Crippen LogP contribution in [0.1, 0.15) is 12.8 Å². The van der Waals surface area contributed by atoms with Gasteiger partial charge in [-0.3, -0.25) is 9.89 Å². The lowest BCUT2D eigenvalue weighted by molar-refractivity contribution is 0.251. The average molecular weight is 213 g/mol. The van der Waals surface area contributed by atoms with Gasteiger partial charge < -0.3 is 5.73 Å². The lowest BCUT2D eigenvalue weighted by Gasteiger charge is -2.29. The van der Waals surface area contributed by atoms with Gasteiger partial charge in [-0.1, -0.05) is 0 Å². The summed E-state index contributed by atoms with van der Waals surface area (Å²) in [5, 5.41) is 0.577. The van der Waals surface area contributed by atoms with Gasteiger partial charge in [0, 0.05) is 30.8 Å². The van der Waals surface area contributed by atoms with Crippen LogP contribution in [0.4, 0.5) is 0 Å². The summed E-state index contributed by atoms with van der Waals surface area (Å²) < 4.78 is 0. The SMILES string of the molecule is CN=CC=C(N)CN1CCC(S)CC1. The fourth-order valence-corrected chi connectivity index (χ4v) is 1.79. The van der Waals surface area contributed by atoms with E-state index in [0.29, 0.717) is 5.25 Å². The van der Waals surface area contributed by atoms with Gasteiger partial charge in [0.05, 0.1) is 0 Å². The summed E-state index contributed by atoms with van der Waals surface area (Å²) in [6, 6.07) is 0. The highest BCUT2D eigenvalue weighted by atomic mass is 32.1. The van der Waals surface area contributed by atoms with E-state index in [4.69, 9.17) is 5.73 Å². The van der Waals surface area contributed by atoms with Crippen LogP contribution in [0.15, 0.2) is 16.8 Å². The number of hydrogen-bond acceptors (Lipinski definition) is 4. The van der Waals surface area contributed by atoms with Gasteiger partial charge in [0.15, 0.2) is 0 Å². The molecular formula is C10H19N3S. The molecule has 1 fully saturated rings. The second-order valence-electron chi connectivity index (χ2n) is 3.66. The Morgan fingerprint density at radius 2 is 2.21 bits per heavy atom. The van der Waals surface area contributed by atoms with Gasteiger partial charge in [-0.25, -0.2) is 0 Å². The molecule has 1 heterocycles. The normalized spacial score (nSPS) is 22.0. The summed E-state index contributed by atoms with van der Waals surface area (Å²) in [5.41, 5.74) is 6.72. The van der Waals surface area contributed by atoms with Crippen molar-refractivity contribution >= 4 is 18.8 Å². The minimum atomic E-state index is 0.577. The van der Waals surface area contributed by atoms with Gasteiger partial charge in [0.25, 0.3) is 0 Å². The van der Waals surface area contributed by atoms with Crippen LogP contribution in [0.2, 0.25) is 0 Å². The van der Waals surface area contributed by atoms with Gasteiger partial charge in [-0.15, -0.1) is 0 Å². The number of rotatable bonds is 3. The van der Waals surface area contributed by atoms with Gasteiger partial charge >= 0.3 is 0 Å². The van der Waals surface area contributed by atoms with Crippen LogP contribution < -0.4 is 5.73 Å². The highest BCUT2D eigenvalue weighted by Crippen LogP contribution is 2.15. The van der Waals surface area contributed by atoms with Crippen molar-refractivity contribution < 1.29 is 0 Å². The Morgan fingerprint density at radius 1 is 1.57 bits per heavy atom. The van der Waals surface area contributed by atoms with Crippen LogP contribution in [0, 0.1) is 0 Å². The first-order chi connectivity index (χ1) is 6.72. The molecule has 3 nitrogen and oxygen atoms in total. The molecule has 1 aliphatic heterocycles. The molecule has 0 unspecified atom stereocenters. The summed E-state index contributed by atoms with van der Waals surface area (Å²) in [6.07, 6.45) is 5.93. The second-order valence-corrected chi connectivity index (χ2v) is 4.39. The number of nitrogens with two attached hydrogens (primary N) is 1. The highest BCUT2D eigenvalue weighted by molar-refractivity contribution is 7.80. The molecule has 0 radical (unpaired) electrons. The zero-order valence-corrected chi connectivity index (χ0v) is 9.58. The van der Waals surface area contributed by atoms with Crippen molar-refractivity contribution in [1.82, 2.24) is 4.90 Å². The van der Waals surface area contributed by atoms with Crippen LogP contribution in [-0.4, -0.2) is 43.0 Å². The standard InChI is InChI=1S/C10H19N3S/c1-12-5-2-9(11)8-13-6-3-10(14)4-7-13/h2,5,10,14H,3-4,6-8,11H2,1H3. The largest absolute Gasteiger partial charge is 0.401 e. The molecule has 1 saturated heterocycles. The Bertz CT molecular complexity index is 217. The van der Waals surface area contributed by atoms with Crippen LogP contribution in [-0.2, 0) is 0 Å². The first kappa shape index (κ1) is 11.6. The van der Waals surface area contributed by atoms with Crippen molar-refractivity contribution in [3.8, 4) is 0 Å². The van der Waals surface area contributed by atoms with Crippen molar-refractivity contribution in [3.05, 3.63) is 11.8 Å². The predicted molar refractivity (Wildman–Crippen MR) is 65.1 cm³/mol. The Kier molecular flexibility index (Phi) is 5.04. The van der Waals surface area contributed by atoms with Gasteiger partial charge in [0.1, 0.15) is 0 Å². The van der Waals surface area contributed by atoms with Crippen molar-refractivity contribution in [2.45, 2.75) is 18.1 Å². The molecule has 0 atom stereocenters. The van der Waals surface area contributed by atoms with E-state index in [1.54, 1.807) is 13.3 Å². The maximum atomic E-state index is 5.83. The van der Waals surface area contributed by atoms with Gasteiger partial charge in [0.2, 0.25) is 0 Å². The number of aliphatic imine (C=N–C) groups is 1. The summed E-state index contributed by atoms with van der Waals surface area (Å²) in [6.45, 7) is 3.06. The molecule has 0 spiro atoms. The van der Waals surface area contributed by atoms with Crippen molar-refractivity contribution in [2.24, 2.45) is 10.7 Å². The Labute approximate surface area is 91.5 Å². The van der Waals surface area contributed by atoms with Gasteiger partial charge in [-0.2, -0.15) is 12.6 Å². The molecule has 0 bridgehead atoms. The number of likely N-dealkylation sites (tertiary alicyclic amines) is 1. The van der Waals surface area contributed by atoms with Crippen LogP contribution in [0.5, 0.6) is 0 Å². The van der Waals surface area contributed by atoms with E-state index in [1.807, 2.05) is 6.08 Å². The number of nitrogens with zero attached hydrogens (tertiary/aromatic N) is 2. The molecular weight excluding hydrogens is 194 g/mol. The lowest BCUT2D eigenvalue weighted by atomic mass is 10.1. The molecule has 0 aromatic carbocycles. The van der Waals surface area contributed by atoms with Crippen LogP contribution >= 0.6 is 12.6 Å². The number of piperidine rings is 1. The molecule has 1 rings (SSSR count). The Balaban J connectivity index is 2.30. The van der Waals surface area contributed by atoms with Crippen LogP contribution in [0.25, 0.3) is 0 Å². The van der Waals surface area contributed by atoms with Crippen molar-refractivity contribution in [1.29, 1.82) is 0 Å². The fourth-order valence-electron chi connectivity index (χ4n) is 1.56. The van der Waals surface area contributed by atoms with Crippen molar-refractivity contribution in [2.75, 3.05) is 26.7 Å². The van der Waals surface area contributed by atoms with E-state index in [-0.39, 0.29) is 0 Å². The maximum absolute atomic E-state index is 5.83. The first-order valence-corrected chi connectivity index (χ1v) is 5.51. The maximum Gasteiger partial charge on any atom is 0.0380 e. The number of hydrogen-bond donors (Lipinski definition) is 2. The highest BCUT2D eigenvalue weighted by Gasteiger charge is 2.15. The summed E-state index contributed by atoms with van der Waals surface area (Å²) in [5.74, 6) is 0. The monoisotopic (exact) mass is 213 g/mol. The molecule has 0 saturated carbocycles. The van der Waals surface area contributed by atoms with E-state index in [2.05, 4.69) is 22.5 Å². The number of thiol groups is 1. The quantitative estimate of drug-likeness (QED) is 0.541. The van der Waals surface area contributed by atoms with E-state index in [1.165, 1.54) is 0 Å². The smallest absolute Gasteiger partial charge is 0.0380 e. The van der Waals surface area contributed by atoms with Crippen LogP contribution in [0.3, 0.4) is 0 Å². The molecule has 2 N–H and O–H groups in total. The summed E-state index contributed by atoms with van der Waals surface area (Å²) in [4.78, 5) is 6.23. The zero-order chi connectivity index (χ0) is 10.4. The van der Waals surface area contributed by atoms with E-state index in [9.17, 15) is 0 Å². The molecule has 0 amide bonds. The molecule has 80 valence electrons. The minimum absolute atomic E-state index is 0.577. The molecule has 0 aromatic heterocycles. The van der Waals surface area contributed by atoms with E-state index in [0.717, 1.165) is 38.2 Å². The first-order valence-electron chi connectivity index (χ1n) is 4.99. The van der Waals surface area contributed by atoms with Gasteiger partial charge in [-0.05, 0) is 32.0 Å². The van der Waals surface area contributed by atoms with Crippen molar-refractivity contribution in [3.63, 3.8) is 0 Å². The third-order valence-electron chi connectivity index (χ3n) is 2.40. The molecule has 14 heavy (non-hydrogen) atoms. The fraction of sp³-hybridized carbons (Fsp3) is 0.700. The minimum Gasteiger partial charge on any atom is -0.401 e. The molecule has 0 aliphatic carbocycles. The Hall–Kier alpha value is -0.480. The molecule has 0 aromatic rings. The van der Waals surface area contributed by atoms with E-state index < -0.39 is 0 Å². The zero-order valence-electron chi connectivity index (χ0n) is 8.69. The number of allylic oxidation sites excluding steroid dienone is 1. The summed E-state index contributed by atoms with van der Waals surface area (Å²) in [7, 11) is 1.75. The summed E-state index contributed by atoms with van der Waals surface area (Å²) >= 11 is 4.46. The Morgan fingerprint density at radius 3 is 2.79 bits per heavy atom. The third kappa shape index (κ3) is 4.15. The second kappa shape index (κ2) is 6.09. The molecule has 1 aliphatic rings.